The highest BCUT2D eigenvalue weighted by Gasteiger charge is 2.16. The van der Waals surface area contributed by atoms with Crippen LogP contribution in [-0.2, 0) is 0 Å². The van der Waals surface area contributed by atoms with Crippen molar-refractivity contribution in [3.8, 4) is 39.9 Å². The van der Waals surface area contributed by atoms with E-state index in [1.54, 1.807) is 38.0 Å². The van der Waals surface area contributed by atoms with Crippen molar-refractivity contribution in [2.75, 3.05) is 21.3 Å². The molecule has 0 fully saturated rings. The lowest BCUT2D eigenvalue weighted by Gasteiger charge is -2.14. The van der Waals surface area contributed by atoms with E-state index in [-0.39, 0.29) is 0 Å². The van der Waals surface area contributed by atoms with Gasteiger partial charge >= 0.3 is 0 Å². The maximum atomic E-state index is 5.99. The minimum atomic E-state index is 0.529. The predicted molar refractivity (Wildman–Crippen MR) is 106 cm³/mol. The number of hydrogen-bond donors (Lipinski definition) is 0. The molecular weight excluding hydrogens is 380 g/mol. The Hall–Kier alpha value is -3.32. The fraction of sp³-hybridized carbons (Fsp3) is 0.150. The van der Waals surface area contributed by atoms with Crippen LogP contribution in [0.2, 0.25) is 5.02 Å². The maximum Gasteiger partial charge on any atom is 0.203 e. The van der Waals surface area contributed by atoms with E-state index in [2.05, 4.69) is 10.2 Å². The number of nitrogens with zero attached hydrogens (tertiary/aromatic N) is 4. The van der Waals surface area contributed by atoms with Gasteiger partial charge in [-0.2, -0.15) is 9.61 Å². The van der Waals surface area contributed by atoms with Crippen molar-refractivity contribution >= 4 is 17.2 Å². The summed E-state index contributed by atoms with van der Waals surface area (Å²) in [6.45, 7) is 0. The third-order valence-electron chi connectivity index (χ3n) is 4.33. The summed E-state index contributed by atoms with van der Waals surface area (Å²) in [6.07, 6.45) is 0. The summed E-state index contributed by atoms with van der Waals surface area (Å²) in [5.74, 6) is 2.27. The third-order valence-corrected chi connectivity index (χ3v) is 4.58. The number of halogens is 1. The Bertz CT molecular complexity index is 1120. The summed E-state index contributed by atoms with van der Waals surface area (Å²) in [5.41, 5.74) is 3.03. The van der Waals surface area contributed by atoms with Gasteiger partial charge in [-0.3, -0.25) is 0 Å². The summed E-state index contributed by atoms with van der Waals surface area (Å²) in [6, 6.07) is 14.8. The molecule has 0 unspecified atom stereocenters. The zero-order valence-electron chi connectivity index (χ0n) is 15.5. The quantitative estimate of drug-likeness (QED) is 0.505. The molecule has 0 aliphatic carbocycles. The van der Waals surface area contributed by atoms with E-state index in [1.165, 1.54) is 0 Å². The van der Waals surface area contributed by atoms with Crippen molar-refractivity contribution < 1.29 is 14.2 Å². The molecule has 0 atom stereocenters. The molecule has 0 saturated heterocycles. The van der Waals surface area contributed by atoms with E-state index in [4.69, 9.17) is 30.9 Å². The molecule has 142 valence electrons. The predicted octanol–water partition coefficient (Wildman–Crippen LogP) is 4.14. The van der Waals surface area contributed by atoms with Crippen LogP contribution >= 0.6 is 11.6 Å². The van der Waals surface area contributed by atoms with Crippen molar-refractivity contribution in [3.63, 3.8) is 0 Å². The lowest BCUT2D eigenvalue weighted by molar-refractivity contribution is 0.324. The van der Waals surface area contributed by atoms with E-state index < -0.39 is 0 Å². The molecule has 2 aromatic carbocycles. The van der Waals surface area contributed by atoms with Crippen molar-refractivity contribution in [2.24, 2.45) is 0 Å². The van der Waals surface area contributed by atoms with Gasteiger partial charge in [0, 0.05) is 16.1 Å². The lowest BCUT2D eigenvalue weighted by Crippen LogP contribution is -1.99. The Labute approximate surface area is 166 Å². The molecular formula is C20H17ClN4O3. The number of methoxy groups -OCH3 is 3. The van der Waals surface area contributed by atoms with Gasteiger partial charge in [0.15, 0.2) is 23.0 Å². The number of ether oxygens (including phenoxy) is 3. The number of hydrogen-bond acceptors (Lipinski definition) is 6. The number of rotatable bonds is 5. The SMILES string of the molecule is COc1cc(-c2ccc3nnc(-c4ccc(Cl)cc4)n3n2)cc(OC)c1OC. The molecule has 4 rings (SSSR count). The molecule has 0 aliphatic heterocycles. The van der Waals surface area contributed by atoms with Gasteiger partial charge in [-0.15, -0.1) is 10.2 Å². The fourth-order valence-corrected chi connectivity index (χ4v) is 3.08. The molecule has 2 aromatic heterocycles. The Morgan fingerprint density at radius 3 is 2.07 bits per heavy atom. The molecule has 0 amide bonds. The molecule has 0 saturated carbocycles. The van der Waals surface area contributed by atoms with Crippen molar-refractivity contribution in [1.82, 2.24) is 19.8 Å². The van der Waals surface area contributed by atoms with E-state index in [1.807, 2.05) is 36.4 Å². The highest BCUT2D eigenvalue weighted by molar-refractivity contribution is 6.30. The molecule has 8 heteroatoms. The number of aromatic nitrogens is 4. The zero-order valence-corrected chi connectivity index (χ0v) is 16.3. The van der Waals surface area contributed by atoms with Crippen LogP contribution in [0.25, 0.3) is 28.3 Å². The average Bonchev–Trinajstić information content (AvgIpc) is 3.16. The van der Waals surface area contributed by atoms with Crippen LogP contribution in [0.4, 0.5) is 0 Å². The second kappa shape index (κ2) is 7.36. The van der Waals surface area contributed by atoms with Crippen LogP contribution in [-0.4, -0.2) is 41.1 Å². The lowest BCUT2D eigenvalue weighted by atomic mass is 10.1. The summed E-state index contributed by atoms with van der Waals surface area (Å²) >= 11 is 5.99. The Morgan fingerprint density at radius 1 is 0.786 bits per heavy atom. The molecule has 28 heavy (non-hydrogen) atoms. The van der Waals surface area contributed by atoms with Gasteiger partial charge in [-0.25, -0.2) is 0 Å². The van der Waals surface area contributed by atoms with Gasteiger partial charge in [0.2, 0.25) is 5.75 Å². The summed E-state index contributed by atoms with van der Waals surface area (Å²) in [4.78, 5) is 0. The Balaban J connectivity index is 1.86. The second-order valence-electron chi connectivity index (χ2n) is 5.93. The van der Waals surface area contributed by atoms with Crippen LogP contribution in [0.15, 0.2) is 48.5 Å². The summed E-state index contributed by atoms with van der Waals surface area (Å²) in [7, 11) is 4.73. The summed E-state index contributed by atoms with van der Waals surface area (Å²) in [5, 5.41) is 13.8. The van der Waals surface area contributed by atoms with E-state index in [0.29, 0.717) is 39.4 Å². The molecule has 0 spiro atoms. The van der Waals surface area contributed by atoms with Crippen molar-refractivity contribution in [3.05, 3.63) is 53.6 Å². The first-order valence-electron chi connectivity index (χ1n) is 8.43. The van der Waals surface area contributed by atoms with Crippen molar-refractivity contribution in [1.29, 1.82) is 0 Å². The maximum absolute atomic E-state index is 5.99. The molecule has 0 radical (unpaired) electrons. The topological polar surface area (TPSA) is 70.8 Å². The van der Waals surface area contributed by atoms with Crippen LogP contribution in [0.3, 0.4) is 0 Å². The summed E-state index contributed by atoms with van der Waals surface area (Å²) < 4.78 is 18.0. The zero-order chi connectivity index (χ0) is 19.7. The van der Waals surface area contributed by atoms with Crippen LogP contribution in [0, 0.1) is 0 Å². The third kappa shape index (κ3) is 3.10. The largest absolute Gasteiger partial charge is 0.493 e. The molecule has 0 bridgehead atoms. The number of fused-ring (bicyclic) bond motifs is 1. The van der Waals surface area contributed by atoms with Crippen LogP contribution in [0.5, 0.6) is 17.2 Å². The van der Waals surface area contributed by atoms with Gasteiger partial charge < -0.3 is 14.2 Å². The molecule has 4 aromatic rings. The Kier molecular flexibility index (Phi) is 4.75. The first kappa shape index (κ1) is 18.1. The standard InChI is InChI=1S/C20H17ClN4O3/c1-26-16-10-13(11-17(27-2)19(16)28-3)15-8-9-18-22-23-20(25(18)24-15)12-4-6-14(21)7-5-12/h4-11H,1-3H3. The van der Waals surface area contributed by atoms with Crippen LogP contribution in [0.1, 0.15) is 0 Å². The first-order chi connectivity index (χ1) is 13.6. The highest BCUT2D eigenvalue weighted by Crippen LogP contribution is 2.40. The van der Waals surface area contributed by atoms with Gasteiger partial charge in [0.25, 0.3) is 0 Å². The minimum absolute atomic E-state index is 0.529. The van der Waals surface area contributed by atoms with E-state index in [9.17, 15) is 0 Å². The van der Waals surface area contributed by atoms with E-state index in [0.717, 1.165) is 11.1 Å². The van der Waals surface area contributed by atoms with Gasteiger partial charge in [-0.1, -0.05) is 11.6 Å². The molecule has 0 aliphatic rings. The second-order valence-corrected chi connectivity index (χ2v) is 6.37. The van der Waals surface area contributed by atoms with Crippen molar-refractivity contribution in [2.45, 2.75) is 0 Å². The molecule has 0 N–H and O–H groups in total. The van der Waals surface area contributed by atoms with E-state index >= 15 is 0 Å². The van der Waals surface area contributed by atoms with Gasteiger partial charge in [0.05, 0.1) is 27.0 Å². The molecule has 2 heterocycles. The average molecular weight is 397 g/mol. The molecule has 7 nitrogen and oxygen atoms in total. The van der Waals surface area contributed by atoms with Crippen LogP contribution < -0.4 is 14.2 Å². The highest BCUT2D eigenvalue weighted by atomic mass is 35.5. The van der Waals surface area contributed by atoms with Gasteiger partial charge in [0.1, 0.15) is 0 Å². The Morgan fingerprint density at radius 2 is 1.46 bits per heavy atom. The first-order valence-corrected chi connectivity index (χ1v) is 8.81. The minimum Gasteiger partial charge on any atom is -0.493 e. The van der Waals surface area contributed by atoms with Gasteiger partial charge in [-0.05, 0) is 48.5 Å². The number of benzene rings is 2. The normalized spacial score (nSPS) is 10.9. The smallest absolute Gasteiger partial charge is 0.203 e. The monoisotopic (exact) mass is 396 g/mol. The fourth-order valence-electron chi connectivity index (χ4n) is 2.95.